The van der Waals surface area contributed by atoms with Gasteiger partial charge in [0.05, 0.1) is 13.3 Å². The van der Waals surface area contributed by atoms with Gasteiger partial charge >= 0.3 is 0 Å². The minimum atomic E-state index is 0.686. The molecule has 2 N–H and O–H groups in total. The predicted molar refractivity (Wildman–Crippen MR) is 73.8 cm³/mol. The molecule has 0 spiro atoms. The number of rotatable bonds is 2. The minimum absolute atomic E-state index is 0.686. The zero-order valence-corrected chi connectivity index (χ0v) is 11.5. The molecular weight excluding hydrogens is 226 g/mol. The van der Waals surface area contributed by atoms with Crippen LogP contribution in [0.2, 0.25) is 0 Å². The van der Waals surface area contributed by atoms with E-state index in [0.717, 1.165) is 28.0 Å². The number of methoxy groups -OCH3 is 1. The molecule has 0 unspecified atom stereocenters. The van der Waals surface area contributed by atoms with Gasteiger partial charge in [0.1, 0.15) is 11.6 Å². The van der Waals surface area contributed by atoms with Crippen LogP contribution in [0.25, 0.3) is 11.1 Å². The molecule has 0 atom stereocenters. The molecule has 0 aliphatic carbocycles. The summed E-state index contributed by atoms with van der Waals surface area (Å²) in [7, 11) is 3.54. The highest BCUT2D eigenvalue weighted by atomic mass is 16.5. The number of aryl methyl sites for hydroxylation is 2. The van der Waals surface area contributed by atoms with Gasteiger partial charge in [0.2, 0.25) is 0 Å². The molecule has 4 heteroatoms. The summed E-state index contributed by atoms with van der Waals surface area (Å²) < 4.78 is 7.07. The first kappa shape index (κ1) is 12.5. The fraction of sp³-hybridized carbons (Fsp3) is 0.357. The first-order valence-electron chi connectivity index (χ1n) is 5.90. The van der Waals surface area contributed by atoms with Gasteiger partial charge in [-0.1, -0.05) is 0 Å². The SMILES string of the molecule is COc1cc(C)c(-c2cnn(C)c2N)c(C)c1C. The Morgan fingerprint density at radius 1 is 1.22 bits per heavy atom. The maximum Gasteiger partial charge on any atom is 0.129 e. The zero-order chi connectivity index (χ0) is 13.4. The molecule has 2 rings (SSSR count). The molecule has 0 bridgehead atoms. The first-order valence-corrected chi connectivity index (χ1v) is 5.90. The lowest BCUT2D eigenvalue weighted by atomic mass is 9.93. The Morgan fingerprint density at radius 2 is 1.89 bits per heavy atom. The number of hydrogen-bond donors (Lipinski definition) is 1. The highest BCUT2D eigenvalue weighted by Crippen LogP contribution is 2.36. The van der Waals surface area contributed by atoms with Crippen LogP contribution in [0, 0.1) is 20.8 Å². The van der Waals surface area contributed by atoms with Gasteiger partial charge in [0.15, 0.2) is 0 Å². The number of hydrogen-bond acceptors (Lipinski definition) is 3. The normalized spacial score (nSPS) is 10.7. The number of nitrogens with zero attached hydrogens (tertiary/aromatic N) is 2. The van der Waals surface area contributed by atoms with Crippen molar-refractivity contribution in [3.8, 4) is 16.9 Å². The van der Waals surface area contributed by atoms with Crippen LogP contribution in [0.4, 0.5) is 5.82 Å². The first-order chi connectivity index (χ1) is 8.47. The lowest BCUT2D eigenvalue weighted by Crippen LogP contribution is -2.00. The minimum Gasteiger partial charge on any atom is -0.496 e. The summed E-state index contributed by atoms with van der Waals surface area (Å²) in [5.41, 5.74) is 11.7. The molecule has 0 aliphatic rings. The number of aromatic nitrogens is 2. The fourth-order valence-electron chi connectivity index (χ4n) is 2.31. The molecule has 1 heterocycles. The molecule has 4 nitrogen and oxygen atoms in total. The highest BCUT2D eigenvalue weighted by Gasteiger charge is 2.16. The molecule has 0 amide bonds. The van der Waals surface area contributed by atoms with Crippen molar-refractivity contribution in [1.82, 2.24) is 9.78 Å². The van der Waals surface area contributed by atoms with Crippen molar-refractivity contribution in [2.24, 2.45) is 7.05 Å². The third-order valence-electron chi connectivity index (χ3n) is 3.52. The number of nitrogen functional groups attached to an aromatic ring is 1. The molecule has 0 saturated heterocycles. The van der Waals surface area contributed by atoms with Crippen LogP contribution in [-0.4, -0.2) is 16.9 Å². The van der Waals surface area contributed by atoms with Gasteiger partial charge in [0.25, 0.3) is 0 Å². The van der Waals surface area contributed by atoms with Crippen molar-refractivity contribution in [2.45, 2.75) is 20.8 Å². The van der Waals surface area contributed by atoms with Crippen molar-refractivity contribution in [2.75, 3.05) is 12.8 Å². The monoisotopic (exact) mass is 245 g/mol. The third-order valence-corrected chi connectivity index (χ3v) is 3.52. The van der Waals surface area contributed by atoms with Gasteiger partial charge < -0.3 is 10.5 Å². The summed E-state index contributed by atoms with van der Waals surface area (Å²) in [6.45, 7) is 6.22. The van der Waals surface area contributed by atoms with Gasteiger partial charge in [-0.3, -0.25) is 4.68 Å². The van der Waals surface area contributed by atoms with Gasteiger partial charge in [-0.2, -0.15) is 5.10 Å². The summed E-state index contributed by atoms with van der Waals surface area (Å²) >= 11 is 0. The van der Waals surface area contributed by atoms with E-state index in [0.29, 0.717) is 5.82 Å². The van der Waals surface area contributed by atoms with Crippen molar-refractivity contribution in [3.05, 3.63) is 29.0 Å². The van der Waals surface area contributed by atoms with E-state index in [2.05, 4.69) is 25.9 Å². The summed E-state index contributed by atoms with van der Waals surface area (Å²) in [6.07, 6.45) is 1.82. The molecular formula is C14H19N3O. The average Bonchev–Trinajstić information content (AvgIpc) is 2.66. The lowest BCUT2D eigenvalue weighted by molar-refractivity contribution is 0.411. The van der Waals surface area contributed by atoms with Crippen molar-refractivity contribution >= 4 is 5.82 Å². The van der Waals surface area contributed by atoms with Crippen molar-refractivity contribution in [1.29, 1.82) is 0 Å². The van der Waals surface area contributed by atoms with Gasteiger partial charge in [0, 0.05) is 12.6 Å². The van der Waals surface area contributed by atoms with E-state index < -0.39 is 0 Å². The summed E-state index contributed by atoms with van der Waals surface area (Å²) in [4.78, 5) is 0. The van der Waals surface area contributed by atoms with E-state index in [1.54, 1.807) is 11.8 Å². The van der Waals surface area contributed by atoms with Crippen molar-refractivity contribution in [3.63, 3.8) is 0 Å². The Balaban J connectivity index is 2.73. The van der Waals surface area contributed by atoms with Crippen LogP contribution in [0.3, 0.4) is 0 Å². The largest absolute Gasteiger partial charge is 0.496 e. The Morgan fingerprint density at radius 3 is 2.39 bits per heavy atom. The lowest BCUT2D eigenvalue weighted by Gasteiger charge is -2.15. The topological polar surface area (TPSA) is 53.1 Å². The van der Waals surface area contributed by atoms with Gasteiger partial charge in [-0.15, -0.1) is 0 Å². The second kappa shape index (κ2) is 4.37. The van der Waals surface area contributed by atoms with Gasteiger partial charge in [-0.05, 0) is 49.1 Å². The second-order valence-corrected chi connectivity index (χ2v) is 4.59. The van der Waals surface area contributed by atoms with E-state index in [-0.39, 0.29) is 0 Å². The average molecular weight is 245 g/mol. The maximum atomic E-state index is 6.06. The standard InChI is InChI=1S/C14H19N3O/c1-8-6-12(18-5)9(2)10(3)13(8)11-7-16-17(4)14(11)15/h6-7H,15H2,1-5H3. The van der Waals surface area contributed by atoms with Crippen LogP contribution in [0.15, 0.2) is 12.3 Å². The molecule has 0 saturated carbocycles. The third kappa shape index (κ3) is 1.74. The van der Waals surface area contributed by atoms with Gasteiger partial charge in [-0.25, -0.2) is 0 Å². The van der Waals surface area contributed by atoms with E-state index >= 15 is 0 Å². The molecule has 2 aromatic rings. The summed E-state index contributed by atoms with van der Waals surface area (Å²) in [6, 6.07) is 2.05. The van der Waals surface area contributed by atoms with Crippen molar-refractivity contribution < 1.29 is 4.74 Å². The van der Waals surface area contributed by atoms with E-state index in [4.69, 9.17) is 10.5 Å². The Kier molecular flexibility index (Phi) is 3.03. The second-order valence-electron chi connectivity index (χ2n) is 4.59. The smallest absolute Gasteiger partial charge is 0.129 e. The Bertz CT molecular complexity index is 600. The molecule has 1 aromatic carbocycles. The quantitative estimate of drug-likeness (QED) is 0.884. The molecule has 0 radical (unpaired) electrons. The molecule has 96 valence electrons. The number of anilines is 1. The van der Waals surface area contributed by atoms with E-state index in [9.17, 15) is 0 Å². The van der Waals surface area contributed by atoms with Crippen LogP contribution >= 0.6 is 0 Å². The van der Waals surface area contributed by atoms with E-state index in [1.165, 1.54) is 5.56 Å². The maximum absolute atomic E-state index is 6.06. The van der Waals surface area contributed by atoms with Crippen LogP contribution in [-0.2, 0) is 7.05 Å². The highest BCUT2D eigenvalue weighted by molar-refractivity contribution is 5.80. The Labute approximate surface area is 107 Å². The number of ether oxygens (including phenoxy) is 1. The van der Waals surface area contributed by atoms with Crippen LogP contribution < -0.4 is 10.5 Å². The summed E-state index contributed by atoms with van der Waals surface area (Å²) in [5.74, 6) is 1.60. The zero-order valence-electron chi connectivity index (χ0n) is 11.5. The molecule has 1 aromatic heterocycles. The molecule has 0 fully saturated rings. The number of nitrogens with two attached hydrogens (primary N) is 1. The van der Waals surface area contributed by atoms with E-state index in [1.807, 2.05) is 19.3 Å². The fourth-order valence-corrected chi connectivity index (χ4v) is 2.31. The summed E-state index contributed by atoms with van der Waals surface area (Å²) in [5, 5.41) is 4.21. The Hall–Kier alpha value is -1.97. The molecule has 0 aliphatic heterocycles. The predicted octanol–water partition coefficient (Wildman–Crippen LogP) is 2.60. The van der Waals surface area contributed by atoms with Crippen LogP contribution in [0.5, 0.6) is 5.75 Å². The van der Waals surface area contributed by atoms with Crippen LogP contribution in [0.1, 0.15) is 16.7 Å². The number of benzene rings is 1. The molecule has 18 heavy (non-hydrogen) atoms.